The molecular weight excluding hydrogens is 312 g/mol. The van der Waals surface area contributed by atoms with E-state index in [0.717, 1.165) is 25.7 Å². The number of unbranched alkanes of at least 4 members (excludes halogenated alkanes) is 9. The lowest BCUT2D eigenvalue weighted by Crippen LogP contribution is -2.49. The number of nitrogens with two attached hydrogens (primary N) is 1. The van der Waals surface area contributed by atoms with Crippen molar-refractivity contribution in [3.8, 4) is 0 Å². The van der Waals surface area contributed by atoms with Crippen LogP contribution in [0.15, 0.2) is 0 Å². The molecule has 148 valence electrons. The Kier molecular flexibility index (Phi) is 14.8. The zero-order valence-corrected chi connectivity index (χ0v) is 17.2. The van der Waals surface area contributed by atoms with Gasteiger partial charge in [0.1, 0.15) is 0 Å². The molecule has 0 aromatic rings. The molecule has 2 N–H and O–H groups in total. The molecular formula is C21H42N2O2. The van der Waals surface area contributed by atoms with Crippen LogP contribution in [0.25, 0.3) is 0 Å². The fourth-order valence-corrected chi connectivity index (χ4v) is 2.86. The minimum atomic E-state index is -0.580. The molecule has 4 heteroatoms. The van der Waals surface area contributed by atoms with E-state index in [-0.39, 0.29) is 17.7 Å². The number of imide groups is 1. The Balaban J connectivity index is 4.12. The SMILES string of the molecule is CCCCCCCCCCCC(=O)N(CCCC)C(=O)[C@@H](N)C(C)C. The first-order valence-electron chi connectivity index (χ1n) is 10.5. The molecule has 0 rings (SSSR count). The van der Waals surface area contributed by atoms with E-state index in [2.05, 4.69) is 13.8 Å². The summed E-state index contributed by atoms with van der Waals surface area (Å²) >= 11 is 0. The van der Waals surface area contributed by atoms with Gasteiger partial charge in [-0.25, -0.2) is 0 Å². The van der Waals surface area contributed by atoms with E-state index in [4.69, 9.17) is 5.73 Å². The predicted octanol–water partition coefficient (Wildman–Crippen LogP) is 5.05. The topological polar surface area (TPSA) is 63.4 Å². The Labute approximate surface area is 155 Å². The lowest BCUT2D eigenvalue weighted by atomic mass is 10.0. The number of carbonyl (C=O) groups is 2. The van der Waals surface area contributed by atoms with Gasteiger partial charge in [0.05, 0.1) is 6.04 Å². The average Bonchev–Trinajstić information content (AvgIpc) is 2.59. The van der Waals surface area contributed by atoms with Crippen molar-refractivity contribution < 1.29 is 9.59 Å². The summed E-state index contributed by atoms with van der Waals surface area (Å²) in [5, 5.41) is 0. The van der Waals surface area contributed by atoms with Crippen LogP contribution >= 0.6 is 0 Å². The summed E-state index contributed by atoms with van der Waals surface area (Å²) < 4.78 is 0. The fourth-order valence-electron chi connectivity index (χ4n) is 2.86. The van der Waals surface area contributed by atoms with Crippen molar-refractivity contribution in [3.63, 3.8) is 0 Å². The van der Waals surface area contributed by atoms with Crippen LogP contribution in [0.3, 0.4) is 0 Å². The van der Waals surface area contributed by atoms with E-state index in [1.165, 1.54) is 49.8 Å². The van der Waals surface area contributed by atoms with E-state index in [0.29, 0.717) is 13.0 Å². The Morgan fingerprint density at radius 3 is 1.76 bits per heavy atom. The van der Waals surface area contributed by atoms with Gasteiger partial charge in [-0.15, -0.1) is 0 Å². The van der Waals surface area contributed by atoms with Crippen molar-refractivity contribution in [3.05, 3.63) is 0 Å². The van der Waals surface area contributed by atoms with Crippen molar-refractivity contribution in [2.75, 3.05) is 6.54 Å². The van der Waals surface area contributed by atoms with Crippen LogP contribution < -0.4 is 5.73 Å². The van der Waals surface area contributed by atoms with Crippen LogP contribution in [0.4, 0.5) is 0 Å². The number of hydrogen-bond donors (Lipinski definition) is 1. The van der Waals surface area contributed by atoms with Gasteiger partial charge < -0.3 is 5.73 Å². The molecule has 0 aliphatic rings. The van der Waals surface area contributed by atoms with Crippen molar-refractivity contribution in [2.24, 2.45) is 11.7 Å². The first kappa shape index (κ1) is 24.1. The van der Waals surface area contributed by atoms with Crippen molar-refractivity contribution >= 4 is 11.8 Å². The Hall–Kier alpha value is -0.900. The highest BCUT2D eigenvalue weighted by Crippen LogP contribution is 2.13. The number of amides is 2. The van der Waals surface area contributed by atoms with Crippen molar-refractivity contribution in [1.82, 2.24) is 4.90 Å². The van der Waals surface area contributed by atoms with Gasteiger partial charge in [-0.1, -0.05) is 85.5 Å². The predicted molar refractivity (Wildman–Crippen MR) is 106 cm³/mol. The monoisotopic (exact) mass is 354 g/mol. The average molecular weight is 355 g/mol. The molecule has 0 spiro atoms. The molecule has 0 saturated heterocycles. The van der Waals surface area contributed by atoms with Crippen molar-refractivity contribution in [1.29, 1.82) is 0 Å². The Bertz CT molecular complexity index is 356. The minimum Gasteiger partial charge on any atom is -0.320 e. The third kappa shape index (κ3) is 11.4. The van der Waals surface area contributed by atoms with E-state index >= 15 is 0 Å². The van der Waals surface area contributed by atoms with Gasteiger partial charge in [-0.05, 0) is 18.8 Å². The molecule has 0 saturated carbocycles. The zero-order chi connectivity index (χ0) is 19.1. The van der Waals surface area contributed by atoms with Gasteiger partial charge in [0.15, 0.2) is 0 Å². The van der Waals surface area contributed by atoms with Gasteiger partial charge in [0.2, 0.25) is 11.8 Å². The molecule has 1 atom stereocenters. The van der Waals surface area contributed by atoms with Gasteiger partial charge in [0, 0.05) is 13.0 Å². The van der Waals surface area contributed by atoms with Crippen LogP contribution in [-0.4, -0.2) is 29.3 Å². The smallest absolute Gasteiger partial charge is 0.246 e. The van der Waals surface area contributed by atoms with E-state index in [9.17, 15) is 9.59 Å². The number of hydrogen-bond acceptors (Lipinski definition) is 3. The Morgan fingerprint density at radius 1 is 0.800 bits per heavy atom. The quantitative estimate of drug-likeness (QED) is 0.419. The summed E-state index contributed by atoms with van der Waals surface area (Å²) in [6.45, 7) is 8.65. The third-order valence-electron chi connectivity index (χ3n) is 4.80. The molecule has 0 aliphatic heterocycles. The van der Waals surface area contributed by atoms with Crippen LogP contribution in [0.5, 0.6) is 0 Å². The van der Waals surface area contributed by atoms with Crippen LogP contribution in [0, 0.1) is 5.92 Å². The zero-order valence-electron chi connectivity index (χ0n) is 17.2. The van der Waals surface area contributed by atoms with E-state index in [1.54, 1.807) is 0 Å². The summed E-state index contributed by atoms with van der Waals surface area (Å²) in [5.74, 6) is -0.195. The fraction of sp³-hybridized carbons (Fsp3) is 0.905. The maximum absolute atomic E-state index is 12.5. The summed E-state index contributed by atoms with van der Waals surface area (Å²) in [4.78, 5) is 26.4. The lowest BCUT2D eigenvalue weighted by molar-refractivity contribution is -0.146. The normalized spacial score (nSPS) is 12.4. The van der Waals surface area contributed by atoms with Crippen LogP contribution in [-0.2, 0) is 9.59 Å². The molecule has 0 heterocycles. The second-order valence-corrected chi connectivity index (χ2v) is 7.59. The largest absolute Gasteiger partial charge is 0.320 e. The second-order valence-electron chi connectivity index (χ2n) is 7.59. The summed E-state index contributed by atoms with van der Waals surface area (Å²) in [6.07, 6.45) is 13.3. The standard InChI is InChI=1S/C21H42N2O2/c1-5-7-9-10-11-12-13-14-15-16-19(24)23(17-8-6-2)21(25)20(22)18(3)4/h18,20H,5-17,22H2,1-4H3/t20-/m0/s1. The first-order chi connectivity index (χ1) is 12.0. The van der Waals surface area contributed by atoms with Crippen LogP contribution in [0.2, 0.25) is 0 Å². The molecule has 0 radical (unpaired) electrons. The number of rotatable bonds is 15. The molecule has 4 nitrogen and oxygen atoms in total. The van der Waals surface area contributed by atoms with E-state index in [1.807, 2.05) is 13.8 Å². The summed E-state index contributed by atoms with van der Waals surface area (Å²) in [7, 11) is 0. The third-order valence-corrected chi connectivity index (χ3v) is 4.80. The summed E-state index contributed by atoms with van der Waals surface area (Å²) in [6, 6.07) is -0.580. The highest BCUT2D eigenvalue weighted by molar-refractivity contribution is 5.97. The molecule has 0 fully saturated rings. The molecule has 0 aromatic carbocycles. The second kappa shape index (κ2) is 15.4. The van der Waals surface area contributed by atoms with Gasteiger partial charge in [-0.2, -0.15) is 0 Å². The maximum atomic E-state index is 12.5. The van der Waals surface area contributed by atoms with Crippen molar-refractivity contribution in [2.45, 2.75) is 111 Å². The highest BCUT2D eigenvalue weighted by Gasteiger charge is 2.27. The van der Waals surface area contributed by atoms with Gasteiger partial charge >= 0.3 is 0 Å². The van der Waals surface area contributed by atoms with E-state index < -0.39 is 6.04 Å². The molecule has 2 amide bonds. The molecule has 0 unspecified atom stereocenters. The lowest BCUT2D eigenvalue weighted by Gasteiger charge is -2.25. The maximum Gasteiger partial charge on any atom is 0.246 e. The van der Waals surface area contributed by atoms with Crippen LogP contribution in [0.1, 0.15) is 105 Å². The summed E-state index contributed by atoms with van der Waals surface area (Å²) in [5.41, 5.74) is 5.97. The molecule has 0 aliphatic carbocycles. The molecule has 0 bridgehead atoms. The van der Waals surface area contributed by atoms with Gasteiger partial charge in [0.25, 0.3) is 0 Å². The first-order valence-corrected chi connectivity index (χ1v) is 10.5. The highest BCUT2D eigenvalue weighted by atomic mass is 16.2. The minimum absolute atomic E-state index is 0.0440. The Morgan fingerprint density at radius 2 is 1.28 bits per heavy atom. The molecule has 25 heavy (non-hydrogen) atoms. The van der Waals surface area contributed by atoms with Gasteiger partial charge in [-0.3, -0.25) is 14.5 Å². The molecule has 0 aromatic heterocycles. The number of carbonyl (C=O) groups excluding carboxylic acids is 2. The number of nitrogens with zero attached hydrogens (tertiary/aromatic N) is 1.